The van der Waals surface area contributed by atoms with Gasteiger partial charge < -0.3 is 20.4 Å². The van der Waals surface area contributed by atoms with E-state index in [2.05, 4.69) is 16.7 Å². The number of fused-ring (bicyclic) bond motifs is 1. The molecule has 10 heteroatoms. The van der Waals surface area contributed by atoms with Gasteiger partial charge in [0.15, 0.2) is 0 Å². The van der Waals surface area contributed by atoms with Gasteiger partial charge in [-0.15, -0.1) is 0 Å². The standard InChI is InChI=1S/C35H41ClFN5O3/c1-3-40(4-2)35(45)32(28-11-7-8-12-29(28)37)41-17-19-42(20-18-41)34(44)31(21-24-13-15-27(36)16-14-24)39-33(43)30-22-25-9-5-6-10-26(25)23-38-30/h5-16,30-32,38H,3-4,17-23H2,1-2H3,(H,39,43)/t30-,31-,32?/m1/s1. The van der Waals surface area contributed by atoms with Gasteiger partial charge in [0.1, 0.15) is 17.9 Å². The first-order chi connectivity index (χ1) is 21.8. The fraction of sp³-hybridized carbons (Fsp3) is 0.400. The van der Waals surface area contributed by atoms with Crippen LogP contribution in [0.2, 0.25) is 5.02 Å². The van der Waals surface area contributed by atoms with Crippen LogP contribution in [0, 0.1) is 5.82 Å². The molecule has 2 aliphatic rings. The summed E-state index contributed by atoms with van der Waals surface area (Å²) in [5, 5.41) is 6.95. The third-order valence-electron chi connectivity index (χ3n) is 8.87. The highest BCUT2D eigenvalue weighted by Gasteiger charge is 2.37. The van der Waals surface area contributed by atoms with Crippen molar-refractivity contribution in [3.05, 3.63) is 106 Å². The van der Waals surface area contributed by atoms with Crippen molar-refractivity contribution in [3.8, 4) is 0 Å². The first-order valence-electron chi connectivity index (χ1n) is 15.7. The number of carbonyl (C=O) groups is 3. The van der Waals surface area contributed by atoms with E-state index in [0.29, 0.717) is 69.2 Å². The molecule has 1 fully saturated rings. The van der Waals surface area contributed by atoms with E-state index in [4.69, 9.17) is 11.6 Å². The minimum absolute atomic E-state index is 0.153. The Hall–Kier alpha value is -3.79. The van der Waals surface area contributed by atoms with E-state index in [1.54, 1.807) is 40.1 Å². The summed E-state index contributed by atoms with van der Waals surface area (Å²) >= 11 is 6.10. The molecule has 0 aliphatic carbocycles. The summed E-state index contributed by atoms with van der Waals surface area (Å²) < 4.78 is 15.0. The SMILES string of the molecule is CCN(CC)C(=O)C(c1ccccc1F)N1CCN(C(=O)[C@@H](Cc2ccc(Cl)cc2)NC(=O)[C@H]2Cc3ccccc3CN2)CC1. The molecule has 2 heterocycles. The molecule has 3 aromatic carbocycles. The molecule has 2 N–H and O–H groups in total. The molecule has 2 aliphatic heterocycles. The Morgan fingerprint density at radius 1 is 0.933 bits per heavy atom. The van der Waals surface area contributed by atoms with Gasteiger partial charge in [0.25, 0.3) is 0 Å². The summed E-state index contributed by atoms with van der Waals surface area (Å²) in [5.41, 5.74) is 3.50. The number of benzene rings is 3. The number of nitrogens with zero attached hydrogens (tertiary/aromatic N) is 3. The largest absolute Gasteiger partial charge is 0.343 e. The van der Waals surface area contributed by atoms with Gasteiger partial charge in [0.05, 0.1) is 6.04 Å². The van der Waals surface area contributed by atoms with Crippen LogP contribution in [0.5, 0.6) is 0 Å². The highest BCUT2D eigenvalue weighted by atomic mass is 35.5. The molecule has 1 unspecified atom stereocenters. The zero-order valence-electron chi connectivity index (χ0n) is 25.8. The quantitative estimate of drug-likeness (QED) is 0.353. The van der Waals surface area contributed by atoms with Crippen molar-refractivity contribution in [1.29, 1.82) is 0 Å². The van der Waals surface area contributed by atoms with E-state index in [9.17, 15) is 14.4 Å². The maximum absolute atomic E-state index is 15.0. The number of nitrogens with one attached hydrogen (secondary N) is 2. The maximum Gasteiger partial charge on any atom is 0.245 e. The van der Waals surface area contributed by atoms with E-state index < -0.39 is 23.9 Å². The summed E-state index contributed by atoms with van der Waals surface area (Å²) in [7, 11) is 0. The number of carbonyl (C=O) groups excluding carboxylic acids is 3. The Labute approximate surface area is 269 Å². The van der Waals surface area contributed by atoms with Crippen LogP contribution >= 0.6 is 11.6 Å². The number of hydrogen-bond acceptors (Lipinski definition) is 5. The van der Waals surface area contributed by atoms with Crippen molar-refractivity contribution < 1.29 is 18.8 Å². The van der Waals surface area contributed by atoms with Gasteiger partial charge in [-0.3, -0.25) is 19.3 Å². The molecule has 3 aromatic rings. The van der Waals surface area contributed by atoms with Gasteiger partial charge in [0.2, 0.25) is 17.7 Å². The highest BCUT2D eigenvalue weighted by Crippen LogP contribution is 2.27. The monoisotopic (exact) mass is 633 g/mol. The molecule has 45 heavy (non-hydrogen) atoms. The lowest BCUT2D eigenvalue weighted by atomic mass is 9.95. The molecule has 3 amide bonds. The van der Waals surface area contributed by atoms with Crippen molar-refractivity contribution in [2.24, 2.45) is 0 Å². The maximum atomic E-state index is 15.0. The van der Waals surface area contributed by atoms with Crippen molar-refractivity contribution in [2.45, 2.75) is 51.4 Å². The van der Waals surface area contributed by atoms with Crippen LogP contribution in [0.1, 0.15) is 42.1 Å². The minimum Gasteiger partial charge on any atom is -0.343 e. The number of amides is 3. The lowest BCUT2D eigenvalue weighted by molar-refractivity contribution is -0.141. The Kier molecular flexibility index (Phi) is 10.9. The second kappa shape index (κ2) is 15.0. The molecule has 0 saturated carbocycles. The Morgan fingerprint density at radius 3 is 2.24 bits per heavy atom. The van der Waals surface area contributed by atoms with Crippen LogP contribution in [-0.4, -0.2) is 83.8 Å². The number of rotatable bonds is 10. The predicted molar refractivity (Wildman–Crippen MR) is 173 cm³/mol. The van der Waals surface area contributed by atoms with E-state index in [0.717, 1.165) is 11.1 Å². The van der Waals surface area contributed by atoms with Gasteiger partial charge in [-0.2, -0.15) is 0 Å². The van der Waals surface area contributed by atoms with Crippen LogP contribution in [0.4, 0.5) is 4.39 Å². The first-order valence-corrected chi connectivity index (χ1v) is 16.1. The zero-order valence-corrected chi connectivity index (χ0v) is 26.6. The Morgan fingerprint density at radius 2 is 1.58 bits per heavy atom. The van der Waals surface area contributed by atoms with Gasteiger partial charge in [-0.1, -0.05) is 66.2 Å². The molecule has 0 bridgehead atoms. The number of halogens is 2. The van der Waals surface area contributed by atoms with Crippen LogP contribution in [0.15, 0.2) is 72.8 Å². The molecule has 0 aromatic heterocycles. The molecular formula is C35H41ClFN5O3. The number of likely N-dealkylation sites (N-methyl/N-ethyl adjacent to an activating group) is 1. The van der Waals surface area contributed by atoms with Gasteiger partial charge in [0, 0.05) is 62.8 Å². The van der Waals surface area contributed by atoms with Gasteiger partial charge in [-0.05, 0) is 55.2 Å². The molecule has 3 atom stereocenters. The van der Waals surface area contributed by atoms with Crippen LogP contribution < -0.4 is 10.6 Å². The topological polar surface area (TPSA) is 85.0 Å². The van der Waals surface area contributed by atoms with Gasteiger partial charge in [-0.25, -0.2) is 4.39 Å². The summed E-state index contributed by atoms with van der Waals surface area (Å²) in [6, 6.07) is 19.7. The van der Waals surface area contributed by atoms with Crippen molar-refractivity contribution >= 4 is 29.3 Å². The fourth-order valence-electron chi connectivity index (χ4n) is 6.28. The average Bonchev–Trinajstić information content (AvgIpc) is 3.06. The van der Waals surface area contributed by atoms with Crippen molar-refractivity contribution in [1.82, 2.24) is 25.3 Å². The van der Waals surface area contributed by atoms with Crippen LogP contribution in [0.25, 0.3) is 0 Å². The van der Waals surface area contributed by atoms with E-state index in [1.165, 1.54) is 11.6 Å². The number of hydrogen-bond donors (Lipinski definition) is 2. The molecule has 0 spiro atoms. The summed E-state index contributed by atoms with van der Waals surface area (Å²) in [4.78, 5) is 46.6. The van der Waals surface area contributed by atoms with Gasteiger partial charge >= 0.3 is 0 Å². The molecule has 238 valence electrons. The van der Waals surface area contributed by atoms with E-state index in [1.807, 2.05) is 49.1 Å². The third kappa shape index (κ3) is 7.72. The zero-order chi connectivity index (χ0) is 31.9. The van der Waals surface area contributed by atoms with Crippen LogP contribution in [0.3, 0.4) is 0 Å². The Bertz CT molecular complexity index is 1490. The molecule has 8 nitrogen and oxygen atoms in total. The minimum atomic E-state index is -0.788. The predicted octanol–water partition coefficient (Wildman–Crippen LogP) is 3.97. The van der Waals surface area contributed by atoms with E-state index >= 15 is 4.39 Å². The Balaban J connectivity index is 1.31. The molecule has 0 radical (unpaired) electrons. The number of piperazine rings is 1. The molecule has 5 rings (SSSR count). The molecule has 1 saturated heterocycles. The fourth-order valence-corrected chi connectivity index (χ4v) is 6.41. The van der Waals surface area contributed by atoms with Crippen molar-refractivity contribution in [3.63, 3.8) is 0 Å². The first kappa shape index (κ1) is 32.6. The lowest BCUT2D eigenvalue weighted by Gasteiger charge is -2.41. The summed E-state index contributed by atoms with van der Waals surface area (Å²) in [5.74, 6) is -0.989. The van der Waals surface area contributed by atoms with E-state index in [-0.39, 0.29) is 17.7 Å². The van der Waals surface area contributed by atoms with Crippen LogP contribution in [-0.2, 0) is 33.8 Å². The second-order valence-corrected chi connectivity index (χ2v) is 12.0. The summed E-state index contributed by atoms with van der Waals surface area (Å²) in [6.07, 6.45) is 0.851. The highest BCUT2D eigenvalue weighted by molar-refractivity contribution is 6.30. The third-order valence-corrected chi connectivity index (χ3v) is 9.12. The summed E-state index contributed by atoms with van der Waals surface area (Å²) in [6.45, 7) is 6.91. The van der Waals surface area contributed by atoms with Crippen molar-refractivity contribution in [2.75, 3.05) is 39.3 Å². The normalized spacial score (nSPS) is 18.0. The molecular weight excluding hydrogens is 593 g/mol. The second-order valence-electron chi connectivity index (χ2n) is 11.6. The average molecular weight is 634 g/mol. The smallest absolute Gasteiger partial charge is 0.245 e. The lowest BCUT2D eigenvalue weighted by Crippen LogP contribution is -2.59.